The van der Waals surface area contributed by atoms with Crippen molar-refractivity contribution >= 4 is 49.1 Å². The van der Waals surface area contributed by atoms with Crippen LogP contribution in [0.25, 0.3) is 0 Å². The molecule has 1 aromatic rings. The molecule has 2 heterocycles. The monoisotopic (exact) mass is 381 g/mol. The Morgan fingerprint density at radius 3 is 2.76 bits per heavy atom. The van der Waals surface area contributed by atoms with Crippen molar-refractivity contribution in [2.45, 2.75) is 25.5 Å². The van der Waals surface area contributed by atoms with Crippen LogP contribution in [0.15, 0.2) is 14.3 Å². The van der Waals surface area contributed by atoms with Crippen LogP contribution in [0.4, 0.5) is 0 Å². The van der Waals surface area contributed by atoms with Gasteiger partial charge < -0.3 is 9.64 Å². The van der Waals surface area contributed by atoms with Gasteiger partial charge >= 0.3 is 0 Å². The number of amides is 1. The lowest BCUT2D eigenvalue weighted by atomic mass is 10.1. The second kappa shape index (κ2) is 5.38. The zero-order chi connectivity index (χ0) is 12.6. The summed E-state index contributed by atoms with van der Waals surface area (Å²) in [4.78, 5) is 14.8. The summed E-state index contributed by atoms with van der Waals surface area (Å²) < 4.78 is 7.37. The predicted octanol–water partition coefficient (Wildman–Crippen LogP) is 3.52. The molecular formula is C11H13Br2NO2S. The molecule has 1 fully saturated rings. The van der Waals surface area contributed by atoms with Crippen molar-refractivity contribution in [2.24, 2.45) is 0 Å². The van der Waals surface area contributed by atoms with Gasteiger partial charge in [0.1, 0.15) is 0 Å². The van der Waals surface area contributed by atoms with Crippen molar-refractivity contribution in [1.82, 2.24) is 4.90 Å². The summed E-state index contributed by atoms with van der Waals surface area (Å²) in [5.41, 5.74) is 0. The fourth-order valence-electron chi connectivity index (χ4n) is 2.01. The first-order chi connectivity index (χ1) is 8.00. The largest absolute Gasteiger partial charge is 0.376 e. The molecule has 2 atom stereocenters. The van der Waals surface area contributed by atoms with E-state index in [2.05, 4.69) is 31.9 Å². The van der Waals surface area contributed by atoms with Crippen LogP contribution in [0.3, 0.4) is 0 Å². The zero-order valence-electron chi connectivity index (χ0n) is 9.57. The van der Waals surface area contributed by atoms with E-state index in [4.69, 9.17) is 4.74 Å². The first-order valence-electron chi connectivity index (χ1n) is 5.34. The molecule has 0 spiro atoms. The van der Waals surface area contributed by atoms with Gasteiger partial charge in [0.05, 0.1) is 20.8 Å². The fraction of sp³-hybridized carbons (Fsp3) is 0.545. The lowest BCUT2D eigenvalue weighted by molar-refractivity contribution is 0.0578. The SMILES string of the molecule is CC1OCCC1N(C)C(=O)c1cc(Br)c(Br)s1. The van der Waals surface area contributed by atoms with Crippen LogP contribution in [0.2, 0.25) is 0 Å². The standard InChI is InChI=1S/C11H13Br2NO2S/c1-6-8(3-4-16-6)14(2)11(15)9-5-7(12)10(13)17-9/h5-6,8H,3-4H2,1-2H3. The Morgan fingerprint density at radius 1 is 1.59 bits per heavy atom. The molecule has 1 aliphatic rings. The highest BCUT2D eigenvalue weighted by molar-refractivity contribution is 9.13. The molecule has 1 amide bonds. The van der Waals surface area contributed by atoms with E-state index in [-0.39, 0.29) is 18.1 Å². The van der Waals surface area contributed by atoms with Crippen LogP contribution < -0.4 is 0 Å². The van der Waals surface area contributed by atoms with Crippen LogP contribution in [-0.4, -0.2) is 36.6 Å². The number of likely N-dealkylation sites (N-methyl/N-ethyl adjacent to an activating group) is 1. The third kappa shape index (κ3) is 2.75. The van der Waals surface area contributed by atoms with Crippen molar-refractivity contribution < 1.29 is 9.53 Å². The highest BCUT2D eigenvalue weighted by Crippen LogP contribution is 2.33. The quantitative estimate of drug-likeness (QED) is 0.783. The van der Waals surface area contributed by atoms with Crippen molar-refractivity contribution in [3.05, 3.63) is 19.2 Å². The Hall–Kier alpha value is 0.0900. The van der Waals surface area contributed by atoms with Gasteiger partial charge in [-0.1, -0.05) is 0 Å². The van der Waals surface area contributed by atoms with Gasteiger partial charge in [-0.05, 0) is 51.3 Å². The maximum absolute atomic E-state index is 12.3. The Bertz CT molecular complexity index is 416. The van der Waals surface area contributed by atoms with E-state index in [0.717, 1.165) is 26.2 Å². The minimum absolute atomic E-state index is 0.0590. The third-order valence-corrected chi connectivity index (χ3v) is 6.25. The molecule has 94 valence electrons. The van der Waals surface area contributed by atoms with E-state index in [1.54, 1.807) is 4.90 Å². The van der Waals surface area contributed by atoms with Gasteiger partial charge in [-0.3, -0.25) is 4.79 Å². The summed E-state index contributed by atoms with van der Waals surface area (Å²) in [5, 5.41) is 0. The first-order valence-corrected chi connectivity index (χ1v) is 7.74. The molecule has 0 N–H and O–H groups in total. The van der Waals surface area contributed by atoms with E-state index >= 15 is 0 Å². The van der Waals surface area contributed by atoms with Gasteiger partial charge in [-0.15, -0.1) is 11.3 Å². The van der Waals surface area contributed by atoms with Gasteiger partial charge in [-0.25, -0.2) is 0 Å². The molecule has 1 saturated heterocycles. The van der Waals surface area contributed by atoms with Crippen molar-refractivity contribution in [1.29, 1.82) is 0 Å². The third-order valence-electron chi connectivity index (χ3n) is 3.01. The number of rotatable bonds is 2. The molecule has 0 bridgehead atoms. The molecule has 17 heavy (non-hydrogen) atoms. The fourth-order valence-corrected chi connectivity index (χ4v) is 4.02. The lowest BCUT2D eigenvalue weighted by Gasteiger charge is -2.26. The number of carbonyl (C=O) groups is 1. The minimum Gasteiger partial charge on any atom is -0.376 e. The maximum atomic E-state index is 12.3. The van der Waals surface area contributed by atoms with Crippen LogP contribution in [0.1, 0.15) is 23.0 Å². The molecular weight excluding hydrogens is 370 g/mol. The van der Waals surface area contributed by atoms with Crippen LogP contribution >= 0.6 is 43.2 Å². The molecule has 2 rings (SSSR count). The second-order valence-corrected chi connectivity index (χ2v) is 7.30. The number of hydrogen-bond acceptors (Lipinski definition) is 3. The first kappa shape index (κ1) is 13.5. The summed E-state index contributed by atoms with van der Waals surface area (Å²) in [6, 6.07) is 2.04. The summed E-state index contributed by atoms with van der Waals surface area (Å²) in [6.45, 7) is 2.75. The van der Waals surface area contributed by atoms with Crippen LogP contribution in [0.5, 0.6) is 0 Å². The smallest absolute Gasteiger partial charge is 0.264 e. The number of nitrogens with zero attached hydrogens (tertiary/aromatic N) is 1. The van der Waals surface area contributed by atoms with Gasteiger partial charge in [0, 0.05) is 18.1 Å². The number of thiophene rings is 1. The highest BCUT2D eigenvalue weighted by atomic mass is 79.9. The van der Waals surface area contributed by atoms with Gasteiger partial charge in [0.2, 0.25) is 0 Å². The van der Waals surface area contributed by atoms with E-state index in [9.17, 15) is 4.79 Å². The molecule has 0 radical (unpaired) electrons. The number of halogens is 2. The molecule has 6 heteroatoms. The molecule has 1 aromatic heterocycles. The average molecular weight is 383 g/mol. The van der Waals surface area contributed by atoms with E-state index in [1.807, 2.05) is 20.0 Å². The summed E-state index contributed by atoms with van der Waals surface area (Å²) in [6.07, 6.45) is 1.03. The Kier molecular flexibility index (Phi) is 4.28. The Morgan fingerprint density at radius 2 is 2.29 bits per heavy atom. The minimum atomic E-state index is 0.0590. The maximum Gasteiger partial charge on any atom is 0.264 e. The number of ether oxygens (including phenoxy) is 1. The summed E-state index contributed by atoms with van der Waals surface area (Å²) in [5.74, 6) is 0.0590. The number of hydrogen-bond donors (Lipinski definition) is 0. The molecule has 0 aliphatic carbocycles. The molecule has 2 unspecified atom stereocenters. The number of carbonyl (C=O) groups excluding carboxylic acids is 1. The normalized spacial score (nSPS) is 24.0. The summed E-state index contributed by atoms with van der Waals surface area (Å²) >= 11 is 8.25. The van der Waals surface area contributed by atoms with Gasteiger partial charge in [0.25, 0.3) is 5.91 Å². The van der Waals surface area contributed by atoms with Crippen molar-refractivity contribution in [3.63, 3.8) is 0 Å². The van der Waals surface area contributed by atoms with E-state index < -0.39 is 0 Å². The van der Waals surface area contributed by atoms with Gasteiger partial charge in [-0.2, -0.15) is 0 Å². The average Bonchev–Trinajstić information content (AvgIpc) is 2.84. The lowest BCUT2D eigenvalue weighted by Crippen LogP contribution is -2.40. The van der Waals surface area contributed by atoms with Crippen LogP contribution in [0, 0.1) is 0 Å². The molecule has 0 aromatic carbocycles. The Balaban J connectivity index is 2.14. The molecule has 1 aliphatic heterocycles. The predicted molar refractivity (Wildman–Crippen MR) is 75.6 cm³/mol. The topological polar surface area (TPSA) is 29.5 Å². The van der Waals surface area contributed by atoms with Crippen molar-refractivity contribution in [3.8, 4) is 0 Å². The molecule has 3 nitrogen and oxygen atoms in total. The molecule has 0 saturated carbocycles. The highest BCUT2D eigenvalue weighted by Gasteiger charge is 2.31. The van der Waals surface area contributed by atoms with E-state index in [1.165, 1.54) is 11.3 Å². The second-order valence-electron chi connectivity index (χ2n) is 4.08. The van der Waals surface area contributed by atoms with Crippen molar-refractivity contribution in [2.75, 3.05) is 13.7 Å². The Labute approximate surface area is 121 Å². The van der Waals surface area contributed by atoms with Crippen LogP contribution in [-0.2, 0) is 4.74 Å². The zero-order valence-corrected chi connectivity index (χ0v) is 13.6. The van der Waals surface area contributed by atoms with E-state index in [0.29, 0.717) is 0 Å². The van der Waals surface area contributed by atoms with Gasteiger partial charge in [0.15, 0.2) is 0 Å². The summed E-state index contributed by atoms with van der Waals surface area (Å²) in [7, 11) is 1.85.